The maximum absolute atomic E-state index is 13.2. The third kappa shape index (κ3) is 4.48. The lowest BCUT2D eigenvalue weighted by atomic mass is 10.1. The zero-order valence-electron chi connectivity index (χ0n) is 17.0. The molecule has 7 heteroatoms. The number of nitrogens with zero attached hydrogens (tertiary/aromatic N) is 3. The molecular weight excluding hydrogens is 421 g/mol. The number of amides is 2. The first kappa shape index (κ1) is 21.2. The molecule has 158 valence electrons. The van der Waals surface area contributed by atoms with Crippen molar-refractivity contribution in [3.8, 4) is 0 Å². The third-order valence-electron chi connectivity index (χ3n) is 5.84. The fourth-order valence-electron chi connectivity index (χ4n) is 3.86. The number of anilines is 1. The highest BCUT2D eigenvalue weighted by molar-refractivity contribution is 6.42. The van der Waals surface area contributed by atoms with Gasteiger partial charge in [0.05, 0.1) is 21.3 Å². The molecule has 0 bridgehead atoms. The Hall–Kier alpha value is -2.08. The third-order valence-corrected chi connectivity index (χ3v) is 6.70. The van der Waals surface area contributed by atoms with Gasteiger partial charge < -0.3 is 9.80 Å². The van der Waals surface area contributed by atoms with Crippen LogP contribution in [-0.4, -0.2) is 54.8 Å². The average Bonchev–Trinajstić information content (AvgIpc) is 3.61. The van der Waals surface area contributed by atoms with Gasteiger partial charge in [0.1, 0.15) is 0 Å². The summed E-state index contributed by atoms with van der Waals surface area (Å²) in [5, 5.41) is 1.15. The maximum atomic E-state index is 13.2. The number of hydrogen-bond donors (Lipinski definition) is 0. The van der Waals surface area contributed by atoms with Crippen LogP contribution in [0.3, 0.4) is 0 Å². The molecule has 0 atom stereocenters. The molecule has 0 N–H and O–H groups in total. The van der Waals surface area contributed by atoms with Crippen LogP contribution in [0.5, 0.6) is 0 Å². The van der Waals surface area contributed by atoms with Gasteiger partial charge in [-0.2, -0.15) is 0 Å². The predicted molar refractivity (Wildman–Crippen MR) is 120 cm³/mol. The number of para-hydroxylation sites is 1. The Labute approximate surface area is 187 Å². The molecule has 1 aliphatic carbocycles. The molecule has 5 nitrogen and oxygen atoms in total. The Morgan fingerprint density at radius 1 is 1.00 bits per heavy atom. The summed E-state index contributed by atoms with van der Waals surface area (Å²) in [7, 11) is 1.76. The standard InChI is InChI=1S/C23H25Cl2N3O2/c1-26(22(29)16-9-10-16)20-8-3-2-6-18(20)23(30)28-13-11-27(12-14-28)15-17-5-4-7-19(24)21(17)25/h2-8,16H,9-15H2,1H3. The Morgan fingerprint density at radius 2 is 1.70 bits per heavy atom. The second-order valence-electron chi connectivity index (χ2n) is 7.97. The van der Waals surface area contributed by atoms with E-state index in [-0.39, 0.29) is 17.7 Å². The Bertz CT molecular complexity index is 953. The van der Waals surface area contributed by atoms with Crippen molar-refractivity contribution in [3.63, 3.8) is 0 Å². The van der Waals surface area contributed by atoms with Crippen LogP contribution in [0.25, 0.3) is 0 Å². The quantitative estimate of drug-likeness (QED) is 0.687. The molecule has 0 spiro atoms. The van der Waals surface area contributed by atoms with Gasteiger partial charge in [0, 0.05) is 45.7 Å². The van der Waals surface area contributed by atoms with Crippen molar-refractivity contribution in [2.75, 3.05) is 38.1 Å². The van der Waals surface area contributed by atoms with E-state index in [1.807, 2.05) is 41.3 Å². The van der Waals surface area contributed by atoms with Gasteiger partial charge in [-0.1, -0.05) is 47.5 Å². The molecule has 0 radical (unpaired) electrons. The number of piperazine rings is 1. The van der Waals surface area contributed by atoms with Crippen molar-refractivity contribution < 1.29 is 9.59 Å². The molecule has 2 aromatic carbocycles. The number of hydrogen-bond acceptors (Lipinski definition) is 3. The first-order chi connectivity index (χ1) is 14.5. The van der Waals surface area contributed by atoms with Gasteiger partial charge in [-0.3, -0.25) is 14.5 Å². The van der Waals surface area contributed by atoms with Crippen LogP contribution < -0.4 is 4.90 Å². The molecule has 2 aliphatic rings. The zero-order chi connectivity index (χ0) is 21.3. The summed E-state index contributed by atoms with van der Waals surface area (Å²) >= 11 is 12.4. The van der Waals surface area contributed by atoms with E-state index in [1.165, 1.54) is 0 Å². The number of carbonyl (C=O) groups excluding carboxylic acids is 2. The van der Waals surface area contributed by atoms with Crippen LogP contribution in [0.1, 0.15) is 28.8 Å². The van der Waals surface area contributed by atoms with Crippen LogP contribution in [0.2, 0.25) is 10.0 Å². The molecule has 0 aromatic heterocycles. The van der Waals surface area contributed by atoms with E-state index in [0.717, 1.165) is 31.5 Å². The number of halogens is 2. The Morgan fingerprint density at radius 3 is 2.40 bits per heavy atom. The van der Waals surface area contributed by atoms with E-state index < -0.39 is 0 Å². The van der Waals surface area contributed by atoms with Crippen molar-refractivity contribution in [1.29, 1.82) is 0 Å². The monoisotopic (exact) mass is 445 g/mol. The summed E-state index contributed by atoms with van der Waals surface area (Å²) in [5.74, 6) is 0.181. The molecular formula is C23H25Cl2N3O2. The van der Waals surface area contributed by atoms with Gasteiger partial charge in [-0.15, -0.1) is 0 Å². The van der Waals surface area contributed by atoms with Crippen LogP contribution in [0, 0.1) is 5.92 Å². The average molecular weight is 446 g/mol. The van der Waals surface area contributed by atoms with Gasteiger partial charge in [-0.25, -0.2) is 0 Å². The van der Waals surface area contributed by atoms with Crippen LogP contribution in [-0.2, 0) is 11.3 Å². The normalized spacial score (nSPS) is 17.1. The van der Waals surface area contributed by atoms with Crippen molar-refractivity contribution in [3.05, 3.63) is 63.6 Å². The second-order valence-corrected chi connectivity index (χ2v) is 8.76. The van der Waals surface area contributed by atoms with E-state index in [9.17, 15) is 9.59 Å². The lowest BCUT2D eigenvalue weighted by Crippen LogP contribution is -2.48. The van der Waals surface area contributed by atoms with E-state index in [2.05, 4.69) is 4.90 Å². The second kappa shape index (κ2) is 8.96. The summed E-state index contributed by atoms with van der Waals surface area (Å²) in [5.41, 5.74) is 2.27. The zero-order valence-corrected chi connectivity index (χ0v) is 18.5. The van der Waals surface area contributed by atoms with Gasteiger partial charge >= 0.3 is 0 Å². The minimum absolute atomic E-state index is 0.0264. The number of rotatable bonds is 5. The molecule has 1 saturated carbocycles. The summed E-state index contributed by atoms with van der Waals surface area (Å²) < 4.78 is 0. The Balaban J connectivity index is 1.41. The highest BCUT2D eigenvalue weighted by Gasteiger charge is 2.34. The fraction of sp³-hybridized carbons (Fsp3) is 0.391. The first-order valence-electron chi connectivity index (χ1n) is 10.3. The molecule has 1 aliphatic heterocycles. The van der Waals surface area contributed by atoms with Gasteiger partial charge in [0.15, 0.2) is 0 Å². The lowest BCUT2D eigenvalue weighted by Gasteiger charge is -2.35. The van der Waals surface area contributed by atoms with E-state index in [1.54, 1.807) is 18.0 Å². The summed E-state index contributed by atoms with van der Waals surface area (Å²) in [4.78, 5) is 31.5. The van der Waals surface area contributed by atoms with Crippen molar-refractivity contribution in [1.82, 2.24) is 9.80 Å². The van der Waals surface area contributed by atoms with E-state index in [0.29, 0.717) is 40.9 Å². The SMILES string of the molecule is CN(C(=O)C1CC1)c1ccccc1C(=O)N1CCN(Cc2cccc(Cl)c2Cl)CC1. The molecule has 2 fully saturated rings. The first-order valence-corrected chi connectivity index (χ1v) is 11.0. The highest BCUT2D eigenvalue weighted by atomic mass is 35.5. The van der Waals surface area contributed by atoms with Gasteiger partial charge in [0.25, 0.3) is 5.91 Å². The molecule has 30 heavy (non-hydrogen) atoms. The van der Waals surface area contributed by atoms with Crippen molar-refractivity contribution in [2.45, 2.75) is 19.4 Å². The molecule has 1 saturated heterocycles. The molecule has 2 amide bonds. The lowest BCUT2D eigenvalue weighted by molar-refractivity contribution is -0.119. The van der Waals surface area contributed by atoms with Crippen molar-refractivity contribution in [2.24, 2.45) is 5.92 Å². The molecule has 2 aromatic rings. The molecule has 1 heterocycles. The number of carbonyl (C=O) groups is 2. The van der Waals surface area contributed by atoms with E-state index in [4.69, 9.17) is 23.2 Å². The van der Waals surface area contributed by atoms with E-state index >= 15 is 0 Å². The summed E-state index contributed by atoms with van der Waals surface area (Å²) in [6.45, 7) is 3.48. The van der Waals surface area contributed by atoms with Crippen LogP contribution in [0.15, 0.2) is 42.5 Å². The number of benzene rings is 2. The minimum atomic E-state index is -0.0264. The fourth-order valence-corrected chi connectivity index (χ4v) is 4.24. The predicted octanol–water partition coefficient (Wildman–Crippen LogP) is 4.32. The van der Waals surface area contributed by atoms with Crippen LogP contribution >= 0.6 is 23.2 Å². The summed E-state index contributed by atoms with van der Waals surface area (Å²) in [6.07, 6.45) is 1.88. The van der Waals surface area contributed by atoms with Gasteiger partial charge in [-0.05, 0) is 36.6 Å². The van der Waals surface area contributed by atoms with Crippen molar-refractivity contribution >= 4 is 40.7 Å². The van der Waals surface area contributed by atoms with Gasteiger partial charge in [0.2, 0.25) is 5.91 Å². The smallest absolute Gasteiger partial charge is 0.256 e. The highest BCUT2D eigenvalue weighted by Crippen LogP contribution is 2.33. The Kier molecular flexibility index (Phi) is 6.32. The van der Waals surface area contributed by atoms with Crippen LogP contribution in [0.4, 0.5) is 5.69 Å². The largest absolute Gasteiger partial charge is 0.336 e. The topological polar surface area (TPSA) is 43.9 Å². The maximum Gasteiger partial charge on any atom is 0.256 e. The summed E-state index contributed by atoms with van der Waals surface area (Å²) in [6, 6.07) is 13.1. The molecule has 0 unspecified atom stereocenters. The minimum Gasteiger partial charge on any atom is -0.336 e. The molecule has 4 rings (SSSR count).